The molecule has 0 saturated carbocycles. The van der Waals surface area contributed by atoms with Crippen LogP contribution in [-0.2, 0) is 11.3 Å². The fraction of sp³-hybridized carbons (Fsp3) is 0.222. The summed E-state index contributed by atoms with van der Waals surface area (Å²) in [7, 11) is 0. The van der Waals surface area contributed by atoms with Gasteiger partial charge in [0, 0.05) is 6.54 Å². The van der Waals surface area contributed by atoms with Gasteiger partial charge in [0.15, 0.2) is 0 Å². The maximum Gasteiger partial charge on any atom is 0.471 e. The van der Waals surface area contributed by atoms with E-state index in [9.17, 15) is 22.4 Å². The van der Waals surface area contributed by atoms with Gasteiger partial charge in [-0.15, -0.1) is 0 Å². The summed E-state index contributed by atoms with van der Waals surface area (Å²) in [6.45, 7) is -0.279. The highest BCUT2D eigenvalue weighted by Gasteiger charge is 2.38. The predicted molar refractivity (Wildman–Crippen MR) is 44.3 cm³/mol. The van der Waals surface area contributed by atoms with Gasteiger partial charge in [0.2, 0.25) is 0 Å². The minimum absolute atomic E-state index is 0.279. The topological polar surface area (TPSA) is 29.1 Å². The van der Waals surface area contributed by atoms with E-state index in [2.05, 4.69) is 0 Å². The summed E-state index contributed by atoms with van der Waals surface area (Å²) in [6, 6.07) is 4.81. The molecule has 0 atom stereocenters. The number of benzene rings is 1. The average molecular weight is 221 g/mol. The number of halogens is 4. The fourth-order valence-electron chi connectivity index (χ4n) is 0.885. The molecule has 1 rings (SSSR count). The molecule has 0 fully saturated rings. The van der Waals surface area contributed by atoms with Crippen LogP contribution in [0.3, 0.4) is 0 Å². The van der Waals surface area contributed by atoms with Crippen molar-refractivity contribution in [1.29, 1.82) is 0 Å². The van der Waals surface area contributed by atoms with Crippen LogP contribution in [0.1, 0.15) is 5.56 Å². The van der Waals surface area contributed by atoms with Crippen LogP contribution in [-0.4, -0.2) is 12.1 Å². The molecular formula is C9H7F4NO. The first-order chi connectivity index (χ1) is 6.89. The predicted octanol–water partition coefficient (Wildman–Crippen LogP) is 2.00. The van der Waals surface area contributed by atoms with Crippen LogP contribution in [0.25, 0.3) is 0 Å². The van der Waals surface area contributed by atoms with Crippen molar-refractivity contribution in [3.63, 3.8) is 0 Å². The van der Waals surface area contributed by atoms with Crippen molar-refractivity contribution in [3.05, 3.63) is 35.6 Å². The van der Waals surface area contributed by atoms with Crippen molar-refractivity contribution in [2.45, 2.75) is 12.7 Å². The summed E-state index contributed by atoms with van der Waals surface area (Å²) in [5.41, 5.74) is 0.397. The average Bonchev–Trinajstić information content (AvgIpc) is 2.15. The molecule has 1 amide bonds. The summed E-state index contributed by atoms with van der Waals surface area (Å²) in [5.74, 6) is -2.49. The second-order valence-electron chi connectivity index (χ2n) is 2.81. The van der Waals surface area contributed by atoms with Crippen molar-refractivity contribution in [3.8, 4) is 0 Å². The molecular weight excluding hydrogens is 214 g/mol. The number of amides is 1. The second kappa shape index (κ2) is 4.29. The Balaban J connectivity index is 2.51. The van der Waals surface area contributed by atoms with E-state index in [1.807, 2.05) is 0 Å². The van der Waals surface area contributed by atoms with Gasteiger partial charge < -0.3 is 5.32 Å². The van der Waals surface area contributed by atoms with Crippen molar-refractivity contribution in [1.82, 2.24) is 5.32 Å². The Morgan fingerprint density at radius 1 is 1.20 bits per heavy atom. The molecule has 0 aliphatic heterocycles. The maximum atomic E-state index is 12.4. The smallest absolute Gasteiger partial charge is 0.344 e. The Morgan fingerprint density at radius 3 is 2.20 bits per heavy atom. The lowest BCUT2D eigenvalue weighted by molar-refractivity contribution is -0.173. The summed E-state index contributed by atoms with van der Waals surface area (Å²) in [6.07, 6.45) is -4.89. The van der Waals surface area contributed by atoms with Crippen LogP contribution >= 0.6 is 0 Å². The summed E-state index contributed by atoms with van der Waals surface area (Å²) in [5, 5.41) is 1.67. The van der Waals surface area contributed by atoms with Crippen molar-refractivity contribution < 1.29 is 22.4 Å². The van der Waals surface area contributed by atoms with Gasteiger partial charge in [0.25, 0.3) is 0 Å². The van der Waals surface area contributed by atoms with Gasteiger partial charge in [0.05, 0.1) is 0 Å². The highest BCUT2D eigenvalue weighted by Crippen LogP contribution is 2.14. The largest absolute Gasteiger partial charge is 0.471 e. The van der Waals surface area contributed by atoms with Crippen LogP contribution < -0.4 is 5.32 Å². The quantitative estimate of drug-likeness (QED) is 0.760. The van der Waals surface area contributed by atoms with E-state index in [-0.39, 0.29) is 6.54 Å². The zero-order valence-corrected chi connectivity index (χ0v) is 7.44. The summed E-state index contributed by atoms with van der Waals surface area (Å²) < 4.78 is 47.6. The molecule has 82 valence electrons. The van der Waals surface area contributed by atoms with Crippen LogP contribution in [0.2, 0.25) is 0 Å². The minimum Gasteiger partial charge on any atom is -0.344 e. The molecule has 0 aromatic heterocycles. The summed E-state index contributed by atoms with van der Waals surface area (Å²) in [4.78, 5) is 10.4. The van der Waals surface area contributed by atoms with E-state index in [0.717, 1.165) is 12.1 Å². The first kappa shape index (κ1) is 11.5. The van der Waals surface area contributed by atoms with E-state index >= 15 is 0 Å². The Kier molecular flexibility index (Phi) is 3.28. The number of nitrogens with one attached hydrogen (secondary N) is 1. The fourth-order valence-corrected chi connectivity index (χ4v) is 0.885. The van der Waals surface area contributed by atoms with Gasteiger partial charge in [0.1, 0.15) is 5.82 Å². The molecule has 0 radical (unpaired) electrons. The van der Waals surface area contributed by atoms with E-state index in [1.54, 1.807) is 5.32 Å². The number of carbonyl (C=O) groups is 1. The van der Waals surface area contributed by atoms with E-state index in [1.165, 1.54) is 12.1 Å². The lowest BCUT2D eigenvalue weighted by Crippen LogP contribution is -2.36. The standard InChI is InChI=1S/C9H7F4NO/c10-7-3-1-6(2-4-7)5-14-8(15)9(11,12)13/h1-4H,5H2,(H,14,15). The maximum absolute atomic E-state index is 12.4. The third-order valence-corrected chi connectivity index (χ3v) is 1.62. The van der Waals surface area contributed by atoms with E-state index in [4.69, 9.17) is 0 Å². The molecule has 0 unspecified atom stereocenters. The number of alkyl halides is 3. The van der Waals surface area contributed by atoms with Crippen molar-refractivity contribution in [2.24, 2.45) is 0 Å². The lowest BCUT2D eigenvalue weighted by Gasteiger charge is -2.07. The normalized spacial score (nSPS) is 11.2. The number of rotatable bonds is 2. The van der Waals surface area contributed by atoms with E-state index < -0.39 is 17.9 Å². The monoisotopic (exact) mass is 221 g/mol. The van der Waals surface area contributed by atoms with Crippen molar-refractivity contribution in [2.75, 3.05) is 0 Å². The van der Waals surface area contributed by atoms with Gasteiger partial charge >= 0.3 is 12.1 Å². The van der Waals surface area contributed by atoms with Crippen LogP contribution in [0.15, 0.2) is 24.3 Å². The first-order valence-corrected chi connectivity index (χ1v) is 3.99. The van der Waals surface area contributed by atoms with Crippen LogP contribution in [0, 0.1) is 5.82 Å². The number of hydrogen-bond donors (Lipinski definition) is 1. The lowest BCUT2D eigenvalue weighted by atomic mass is 10.2. The van der Waals surface area contributed by atoms with Crippen LogP contribution in [0.5, 0.6) is 0 Å². The molecule has 1 N–H and O–H groups in total. The Morgan fingerprint density at radius 2 is 1.73 bits per heavy atom. The molecule has 0 aliphatic rings. The van der Waals surface area contributed by atoms with Gasteiger partial charge in [-0.25, -0.2) is 4.39 Å². The van der Waals surface area contributed by atoms with E-state index in [0.29, 0.717) is 5.56 Å². The molecule has 0 bridgehead atoms. The molecule has 0 heterocycles. The van der Waals surface area contributed by atoms with Gasteiger partial charge in [-0.2, -0.15) is 13.2 Å². The van der Waals surface area contributed by atoms with Crippen LogP contribution in [0.4, 0.5) is 17.6 Å². The third-order valence-electron chi connectivity index (χ3n) is 1.62. The Bertz CT molecular complexity index is 344. The zero-order valence-electron chi connectivity index (χ0n) is 7.44. The minimum atomic E-state index is -4.89. The molecule has 15 heavy (non-hydrogen) atoms. The number of hydrogen-bond acceptors (Lipinski definition) is 1. The van der Waals surface area contributed by atoms with Gasteiger partial charge in [-0.3, -0.25) is 4.79 Å². The molecule has 1 aromatic carbocycles. The zero-order chi connectivity index (χ0) is 11.5. The molecule has 2 nitrogen and oxygen atoms in total. The first-order valence-electron chi connectivity index (χ1n) is 3.99. The molecule has 0 spiro atoms. The van der Waals surface area contributed by atoms with Crippen molar-refractivity contribution >= 4 is 5.91 Å². The highest BCUT2D eigenvalue weighted by molar-refractivity contribution is 5.81. The highest BCUT2D eigenvalue weighted by atomic mass is 19.4. The molecule has 0 aliphatic carbocycles. The molecule has 0 saturated heterocycles. The SMILES string of the molecule is O=C(NCc1ccc(F)cc1)C(F)(F)F. The summed E-state index contributed by atoms with van der Waals surface area (Å²) >= 11 is 0. The Labute approximate surface area is 82.9 Å². The molecule has 6 heteroatoms. The second-order valence-corrected chi connectivity index (χ2v) is 2.81. The number of carbonyl (C=O) groups excluding carboxylic acids is 1. The van der Waals surface area contributed by atoms with Gasteiger partial charge in [-0.1, -0.05) is 12.1 Å². The third kappa shape index (κ3) is 3.57. The van der Waals surface area contributed by atoms with Gasteiger partial charge in [-0.05, 0) is 17.7 Å². The molecule has 1 aromatic rings. The Hall–Kier alpha value is -1.59.